The lowest BCUT2D eigenvalue weighted by molar-refractivity contribution is -0.122. The summed E-state index contributed by atoms with van der Waals surface area (Å²) >= 11 is 6.04. The quantitative estimate of drug-likeness (QED) is 0.480. The van der Waals surface area contributed by atoms with Crippen LogP contribution in [0.5, 0.6) is 0 Å². The smallest absolute Gasteiger partial charge is 0.238 e. The molecule has 1 saturated heterocycles. The molecule has 154 valence electrons. The first-order valence-corrected chi connectivity index (χ1v) is 11.2. The Morgan fingerprint density at radius 3 is 1.87 bits per heavy atom. The number of carbonyl (C=O) groups excluding carboxylic acids is 2. The zero-order valence-corrected chi connectivity index (χ0v) is 18.1. The first-order chi connectivity index (χ1) is 15.0. The van der Waals surface area contributed by atoms with E-state index in [1.54, 1.807) is 24.3 Å². The second kappa shape index (κ2) is 6.54. The Kier molecular flexibility index (Phi) is 3.97. The van der Waals surface area contributed by atoms with Crippen molar-refractivity contribution in [2.75, 3.05) is 4.90 Å². The summed E-state index contributed by atoms with van der Waals surface area (Å²) in [6.45, 7) is 4.37. The third-order valence-corrected chi connectivity index (χ3v) is 7.57. The van der Waals surface area contributed by atoms with Crippen molar-refractivity contribution in [2.24, 2.45) is 11.8 Å². The minimum absolute atomic E-state index is 0.0869. The lowest BCUT2D eigenvalue weighted by Gasteiger charge is -2.46. The minimum Gasteiger partial charge on any atom is -0.274 e. The fourth-order valence-electron chi connectivity index (χ4n) is 5.95. The highest BCUT2D eigenvalue weighted by molar-refractivity contribution is 6.31. The minimum atomic E-state index is -0.363. The average molecular weight is 428 g/mol. The van der Waals surface area contributed by atoms with E-state index < -0.39 is 0 Å². The van der Waals surface area contributed by atoms with E-state index in [2.05, 4.69) is 44.2 Å². The van der Waals surface area contributed by atoms with Crippen LogP contribution in [0.3, 0.4) is 0 Å². The van der Waals surface area contributed by atoms with Crippen LogP contribution < -0.4 is 4.90 Å². The van der Waals surface area contributed by atoms with Crippen molar-refractivity contribution in [3.63, 3.8) is 0 Å². The zero-order chi connectivity index (χ0) is 21.4. The molecule has 0 aromatic heterocycles. The third-order valence-electron chi connectivity index (χ3n) is 7.31. The molecule has 1 heterocycles. The van der Waals surface area contributed by atoms with Crippen LogP contribution in [-0.4, -0.2) is 11.8 Å². The monoisotopic (exact) mass is 427 g/mol. The van der Waals surface area contributed by atoms with E-state index in [9.17, 15) is 9.59 Å². The molecule has 1 aliphatic heterocycles. The number of benzene rings is 3. The summed E-state index contributed by atoms with van der Waals surface area (Å²) in [7, 11) is 0. The molecule has 0 radical (unpaired) electrons. The van der Waals surface area contributed by atoms with Crippen molar-refractivity contribution < 1.29 is 9.59 Å². The summed E-state index contributed by atoms with van der Waals surface area (Å²) in [6.07, 6.45) is 0. The molecule has 4 heteroatoms. The van der Waals surface area contributed by atoms with E-state index >= 15 is 0 Å². The van der Waals surface area contributed by atoms with Crippen LogP contribution in [0.2, 0.25) is 5.02 Å². The van der Waals surface area contributed by atoms with E-state index in [1.165, 1.54) is 32.7 Å². The summed E-state index contributed by atoms with van der Waals surface area (Å²) in [5.41, 5.74) is 6.68. The first-order valence-electron chi connectivity index (χ1n) is 10.8. The van der Waals surface area contributed by atoms with Crippen LogP contribution in [0.4, 0.5) is 5.69 Å². The molecule has 4 atom stereocenters. The molecule has 1 fully saturated rings. The molecule has 3 aromatic carbocycles. The van der Waals surface area contributed by atoms with E-state index in [4.69, 9.17) is 11.6 Å². The van der Waals surface area contributed by atoms with Crippen LogP contribution in [0, 0.1) is 11.8 Å². The molecule has 7 rings (SSSR count). The highest BCUT2D eigenvalue weighted by Crippen LogP contribution is 2.61. The normalized spacial score (nSPS) is 25.6. The predicted molar refractivity (Wildman–Crippen MR) is 122 cm³/mol. The SMILES string of the molecule is CC(C)c1ccc2c(c1)[C@H]1c3ccccc3[C@H]2[C@@H]2C(=O)N(c3ccc(Cl)cc3)C(=O)[C@H]12. The zero-order valence-electron chi connectivity index (χ0n) is 17.4. The van der Waals surface area contributed by atoms with E-state index in [0.717, 1.165) is 0 Å². The highest BCUT2D eigenvalue weighted by Gasteiger charge is 2.61. The second-order valence-electron chi connectivity index (χ2n) is 9.17. The number of anilines is 1. The van der Waals surface area contributed by atoms with Gasteiger partial charge in [0.15, 0.2) is 0 Å². The van der Waals surface area contributed by atoms with Crippen molar-refractivity contribution in [1.29, 1.82) is 0 Å². The van der Waals surface area contributed by atoms with Gasteiger partial charge in [0.2, 0.25) is 11.8 Å². The molecule has 4 aliphatic rings. The molecule has 0 N–H and O–H groups in total. The number of carbonyl (C=O) groups is 2. The molecule has 0 unspecified atom stereocenters. The van der Waals surface area contributed by atoms with Crippen LogP contribution in [0.1, 0.15) is 59.4 Å². The number of amides is 2. The van der Waals surface area contributed by atoms with Gasteiger partial charge in [0.05, 0.1) is 17.5 Å². The average Bonchev–Trinajstić information content (AvgIpc) is 3.05. The number of nitrogens with zero attached hydrogens (tertiary/aromatic N) is 1. The molecule has 3 aliphatic carbocycles. The molecule has 2 bridgehead atoms. The van der Waals surface area contributed by atoms with Gasteiger partial charge in [-0.3, -0.25) is 9.59 Å². The Labute approximate surface area is 186 Å². The summed E-state index contributed by atoms with van der Waals surface area (Å²) in [5, 5.41) is 0.585. The van der Waals surface area contributed by atoms with Crippen LogP contribution in [0.25, 0.3) is 0 Å². The van der Waals surface area contributed by atoms with Gasteiger partial charge in [-0.1, -0.05) is 67.9 Å². The summed E-state index contributed by atoms with van der Waals surface area (Å²) in [4.78, 5) is 28.8. The van der Waals surface area contributed by atoms with Gasteiger partial charge >= 0.3 is 0 Å². The van der Waals surface area contributed by atoms with Crippen LogP contribution in [0.15, 0.2) is 66.7 Å². The van der Waals surface area contributed by atoms with Gasteiger partial charge in [-0.05, 0) is 58.0 Å². The van der Waals surface area contributed by atoms with Crippen molar-refractivity contribution in [3.05, 3.63) is 99.6 Å². The number of imide groups is 1. The number of hydrogen-bond acceptors (Lipinski definition) is 2. The maximum Gasteiger partial charge on any atom is 0.238 e. The van der Waals surface area contributed by atoms with Crippen LogP contribution >= 0.6 is 11.6 Å². The largest absolute Gasteiger partial charge is 0.274 e. The topological polar surface area (TPSA) is 37.4 Å². The summed E-state index contributed by atoms with van der Waals surface area (Å²) in [5.74, 6) is -0.686. The van der Waals surface area contributed by atoms with Crippen molar-refractivity contribution in [1.82, 2.24) is 0 Å². The molecule has 3 aromatic rings. The number of rotatable bonds is 2. The Morgan fingerprint density at radius 2 is 1.29 bits per heavy atom. The molecule has 0 spiro atoms. The van der Waals surface area contributed by atoms with Gasteiger partial charge in [-0.15, -0.1) is 0 Å². The Bertz CT molecular complexity index is 1250. The van der Waals surface area contributed by atoms with Gasteiger partial charge in [-0.25, -0.2) is 4.90 Å². The van der Waals surface area contributed by atoms with Crippen molar-refractivity contribution in [3.8, 4) is 0 Å². The van der Waals surface area contributed by atoms with Gasteiger partial charge in [-0.2, -0.15) is 0 Å². The molecular formula is C27H22ClNO2. The van der Waals surface area contributed by atoms with Gasteiger partial charge in [0, 0.05) is 16.9 Å². The fraction of sp³-hybridized carbons (Fsp3) is 0.259. The van der Waals surface area contributed by atoms with E-state index in [-0.39, 0.29) is 35.5 Å². The van der Waals surface area contributed by atoms with E-state index in [1.807, 2.05) is 12.1 Å². The lowest BCUT2D eigenvalue weighted by atomic mass is 9.54. The van der Waals surface area contributed by atoms with E-state index in [0.29, 0.717) is 16.6 Å². The highest BCUT2D eigenvalue weighted by atomic mass is 35.5. The maximum atomic E-state index is 13.7. The Balaban J connectivity index is 1.56. The predicted octanol–water partition coefficient (Wildman–Crippen LogP) is 5.86. The summed E-state index contributed by atoms with van der Waals surface area (Å²) < 4.78 is 0. The molecule has 3 nitrogen and oxygen atoms in total. The first kappa shape index (κ1) is 18.8. The fourth-order valence-corrected chi connectivity index (χ4v) is 6.08. The maximum absolute atomic E-state index is 13.7. The molecule has 2 amide bonds. The van der Waals surface area contributed by atoms with Crippen molar-refractivity contribution >= 4 is 29.1 Å². The molecular weight excluding hydrogens is 406 g/mol. The second-order valence-corrected chi connectivity index (χ2v) is 9.60. The number of hydrogen-bond donors (Lipinski definition) is 0. The standard InChI is InChI=1S/C27H22ClNO2/c1-14(2)15-7-12-20-21(13-15)23-19-6-4-3-5-18(19)22(20)24-25(23)27(31)29(26(24)30)17-10-8-16(28)9-11-17/h3-14,22-25H,1-2H3/t22-,23-,24+,25-/m1/s1. The van der Waals surface area contributed by atoms with Gasteiger partial charge in [0.25, 0.3) is 0 Å². The van der Waals surface area contributed by atoms with Gasteiger partial charge in [0.1, 0.15) is 0 Å². The third kappa shape index (κ3) is 2.47. The lowest BCUT2D eigenvalue weighted by Crippen LogP contribution is -2.41. The Morgan fingerprint density at radius 1 is 0.742 bits per heavy atom. The Hall–Kier alpha value is -2.91. The molecule has 0 saturated carbocycles. The molecule has 31 heavy (non-hydrogen) atoms. The van der Waals surface area contributed by atoms with Crippen LogP contribution in [-0.2, 0) is 9.59 Å². The van der Waals surface area contributed by atoms with Crippen molar-refractivity contribution in [2.45, 2.75) is 31.6 Å². The van der Waals surface area contributed by atoms with Gasteiger partial charge < -0.3 is 0 Å². The number of halogens is 1. The summed E-state index contributed by atoms with van der Waals surface area (Å²) in [6, 6.07) is 22.0.